The van der Waals surface area contributed by atoms with Crippen LogP contribution in [-0.2, 0) is 37.1 Å². The van der Waals surface area contributed by atoms with Gasteiger partial charge in [0.25, 0.3) is 18.7 Å². The van der Waals surface area contributed by atoms with Crippen molar-refractivity contribution in [3.63, 3.8) is 0 Å². The van der Waals surface area contributed by atoms with Crippen LogP contribution in [0.3, 0.4) is 0 Å². The first-order valence-electron chi connectivity index (χ1n) is 13.7. The molecule has 47 heavy (non-hydrogen) atoms. The molecule has 1 saturated heterocycles. The van der Waals surface area contributed by atoms with Crippen molar-refractivity contribution in [2.75, 3.05) is 31.2 Å². The summed E-state index contributed by atoms with van der Waals surface area (Å²) in [5.74, 6) is -0.650. The fourth-order valence-corrected chi connectivity index (χ4v) is 6.88. The van der Waals surface area contributed by atoms with E-state index in [0.717, 1.165) is 16.9 Å². The summed E-state index contributed by atoms with van der Waals surface area (Å²) in [4.78, 5) is 50.3. The molecule has 6 rings (SSSR count). The molecule has 0 unspecified atom stereocenters. The molecule has 2 aliphatic heterocycles. The van der Waals surface area contributed by atoms with Crippen molar-refractivity contribution in [2.45, 2.75) is 24.6 Å². The molecule has 4 aromatic rings. The van der Waals surface area contributed by atoms with Gasteiger partial charge in [0.15, 0.2) is 10.8 Å². The zero-order valence-electron chi connectivity index (χ0n) is 24.5. The number of anilines is 2. The van der Waals surface area contributed by atoms with Crippen LogP contribution in [0.1, 0.15) is 11.3 Å². The minimum Gasteiger partial charge on any atom is -1.00 e. The highest BCUT2D eigenvalue weighted by atomic mass is 127. The van der Waals surface area contributed by atoms with E-state index in [9.17, 15) is 18.8 Å². The predicted molar refractivity (Wildman–Crippen MR) is 165 cm³/mol. The highest BCUT2D eigenvalue weighted by Crippen LogP contribution is 2.41. The Hall–Kier alpha value is -4.50. The third kappa shape index (κ3) is 6.81. The molecule has 246 valence electrons. The molecule has 0 spiro atoms. The lowest BCUT2D eigenvalue weighted by atomic mass is 10.0. The first-order valence-corrected chi connectivity index (χ1v) is 15.6. The number of amides is 2. The Morgan fingerprint density at radius 1 is 1.21 bits per heavy atom. The largest absolute Gasteiger partial charge is 1.00 e. The first-order chi connectivity index (χ1) is 22.3. The number of rotatable bonds is 11. The topological polar surface area (TPSA) is 193 Å². The van der Waals surface area contributed by atoms with Crippen LogP contribution >= 0.6 is 23.1 Å². The maximum atomic E-state index is 13.7. The van der Waals surface area contributed by atoms with Gasteiger partial charge in [-0.3, -0.25) is 14.5 Å². The number of oxime groups is 1. The number of carbonyl (C=O) groups excluding carboxylic acids is 3. The number of aromatic nitrogens is 4. The molecule has 3 aromatic heterocycles. The minimum absolute atomic E-state index is 0. The van der Waals surface area contributed by atoms with E-state index in [-0.39, 0.29) is 59.4 Å². The third-order valence-electron chi connectivity index (χ3n) is 7.19. The Labute approximate surface area is 291 Å². The van der Waals surface area contributed by atoms with Gasteiger partial charge in [-0.1, -0.05) is 26.9 Å². The summed E-state index contributed by atoms with van der Waals surface area (Å²) in [6, 6.07) is 9.46. The summed E-state index contributed by atoms with van der Waals surface area (Å²) in [5, 5.41) is 11.4. The summed E-state index contributed by atoms with van der Waals surface area (Å²) < 4.78 is 27.0. The van der Waals surface area contributed by atoms with Gasteiger partial charge >= 0.3 is 11.6 Å². The number of methoxy groups -OCH3 is 1. The number of fused-ring (bicyclic) bond motifs is 2. The number of thioether (sulfide) groups is 1. The molecule has 2 amide bonds. The average Bonchev–Trinajstić information content (AvgIpc) is 3.74. The molecule has 5 heterocycles. The molecule has 0 saturated carbocycles. The Bertz CT molecular complexity index is 1880. The number of hydrogen-bond acceptors (Lipinski definition) is 13. The molecule has 5 N–H and O–H groups in total. The fraction of sp³-hybridized carbons (Fsp3) is 0.250. The number of nitrogens with zero attached hydrogens (tertiary/aromatic N) is 6. The molecule has 19 heteroatoms. The molecule has 2 aliphatic rings. The molecule has 1 aromatic carbocycles. The van der Waals surface area contributed by atoms with Gasteiger partial charge in [0.2, 0.25) is 5.82 Å². The number of alkyl halides is 1. The Morgan fingerprint density at radius 2 is 2.00 bits per heavy atom. The minimum atomic E-state index is -1.28. The summed E-state index contributed by atoms with van der Waals surface area (Å²) >= 11 is 2.41. The molecule has 0 bridgehead atoms. The quantitative estimate of drug-likeness (QED) is 0.0380. The van der Waals surface area contributed by atoms with E-state index in [0.29, 0.717) is 28.5 Å². The van der Waals surface area contributed by atoms with E-state index in [1.165, 1.54) is 22.0 Å². The van der Waals surface area contributed by atoms with Crippen LogP contribution in [0.2, 0.25) is 0 Å². The van der Waals surface area contributed by atoms with Crippen LogP contribution in [0.4, 0.5) is 15.3 Å². The van der Waals surface area contributed by atoms with Crippen molar-refractivity contribution >= 4 is 63.2 Å². The fourth-order valence-electron chi connectivity index (χ4n) is 5.00. The van der Waals surface area contributed by atoms with Crippen LogP contribution in [0.15, 0.2) is 70.6 Å². The number of nitrogens with two attached hydrogens (primary N) is 2. The van der Waals surface area contributed by atoms with Gasteiger partial charge in [-0.15, -0.1) is 23.1 Å². The van der Waals surface area contributed by atoms with Crippen molar-refractivity contribution in [1.29, 1.82) is 0 Å². The van der Waals surface area contributed by atoms with E-state index >= 15 is 0 Å². The lowest BCUT2D eigenvalue weighted by molar-refractivity contribution is -0.666. The number of nitrogen functional groups attached to an aromatic ring is 2. The SMILES string of the molecule is COc1ccc(COC(=O)C2=C(C[n+]3ccc(N)n4nccc43)CS[C@H]3[C@H](NC(=O)C(=NOCF)c4csc(N)n4)C(=O)N23)cc1.[I-]. The number of nitrogens with one attached hydrogen (secondary N) is 1. The molecule has 1 fully saturated rings. The second-order valence-corrected chi connectivity index (χ2v) is 12.0. The Morgan fingerprint density at radius 3 is 2.70 bits per heavy atom. The van der Waals surface area contributed by atoms with E-state index in [2.05, 4.69) is 25.4 Å². The first kappa shape index (κ1) is 33.9. The zero-order valence-corrected chi connectivity index (χ0v) is 28.3. The van der Waals surface area contributed by atoms with Gasteiger partial charge in [0, 0.05) is 22.8 Å². The van der Waals surface area contributed by atoms with Crippen molar-refractivity contribution in [3.05, 3.63) is 76.7 Å². The summed E-state index contributed by atoms with van der Waals surface area (Å²) in [6.07, 6.45) is 3.37. The van der Waals surface area contributed by atoms with Crippen LogP contribution < -0.4 is 50.1 Å². The number of carbonyl (C=O) groups is 3. The summed E-state index contributed by atoms with van der Waals surface area (Å²) in [5.41, 5.74) is 13.5. The number of esters is 1. The second-order valence-electron chi connectivity index (χ2n) is 9.96. The standard InChI is InChI=1S/C28H26FN9O6S2.HI/c1-42-17-4-2-15(3-5-17)11-43-27(41)23-16(10-36-9-7-19(30)38-20(36)6-8-32-38)12-45-26-22(25(40)37(23)26)34-24(39)21(35-44-14-29)18-13-46-28(31)33-18;/h2-9,13,22,26,30H,10-12,14H2,1H3,(H3,31,33,34,39);1H/t22-,26+;/m1./s1. The molecule has 2 atom stereocenters. The lowest BCUT2D eigenvalue weighted by Crippen LogP contribution is -3.00. The number of β-lactam (4-membered cyclic amide) rings is 1. The highest BCUT2D eigenvalue weighted by Gasteiger charge is 2.55. The van der Waals surface area contributed by atoms with Gasteiger partial charge in [0.1, 0.15) is 41.7 Å². The van der Waals surface area contributed by atoms with Gasteiger partial charge in [-0.2, -0.15) is 0 Å². The number of hydrogen-bond donors (Lipinski definition) is 3. The van der Waals surface area contributed by atoms with E-state index < -0.39 is 36.1 Å². The number of ether oxygens (including phenoxy) is 2. The van der Waals surface area contributed by atoms with Crippen LogP contribution in [0, 0.1) is 0 Å². The third-order valence-corrected chi connectivity index (χ3v) is 9.20. The van der Waals surface area contributed by atoms with Crippen LogP contribution in [0.25, 0.3) is 5.65 Å². The Balaban J connectivity index is 0.00000433. The van der Waals surface area contributed by atoms with Gasteiger partial charge in [-0.25, -0.2) is 18.7 Å². The van der Waals surface area contributed by atoms with Crippen molar-refractivity contribution in [2.24, 2.45) is 5.16 Å². The molecular weight excluding hydrogens is 768 g/mol. The smallest absolute Gasteiger partial charge is 0.355 e. The maximum Gasteiger partial charge on any atom is 0.355 e. The van der Waals surface area contributed by atoms with E-state index in [4.69, 9.17) is 20.9 Å². The van der Waals surface area contributed by atoms with Gasteiger partial charge in [-0.05, 0) is 17.7 Å². The van der Waals surface area contributed by atoms with E-state index in [1.54, 1.807) is 60.4 Å². The Kier molecular flexibility index (Phi) is 10.4. The van der Waals surface area contributed by atoms with Gasteiger partial charge < -0.3 is 55.1 Å². The van der Waals surface area contributed by atoms with Crippen molar-refractivity contribution in [1.82, 2.24) is 24.8 Å². The van der Waals surface area contributed by atoms with Gasteiger partial charge in [0.05, 0.1) is 25.6 Å². The monoisotopic (exact) mass is 795 g/mol. The summed E-state index contributed by atoms with van der Waals surface area (Å²) in [6.45, 7) is -1.10. The molecule has 15 nitrogen and oxygen atoms in total. The van der Waals surface area contributed by atoms with Crippen LogP contribution in [0.5, 0.6) is 5.75 Å². The normalized spacial score (nSPS) is 17.4. The van der Waals surface area contributed by atoms with Crippen molar-refractivity contribution in [3.8, 4) is 5.75 Å². The van der Waals surface area contributed by atoms with Crippen molar-refractivity contribution < 1.29 is 61.6 Å². The van der Waals surface area contributed by atoms with E-state index in [1.807, 2.05) is 4.57 Å². The highest BCUT2D eigenvalue weighted by molar-refractivity contribution is 8.00. The lowest BCUT2D eigenvalue weighted by Gasteiger charge is -2.49. The number of halogens is 2. The number of thiazole rings is 1. The predicted octanol–water partition coefficient (Wildman–Crippen LogP) is -2.00. The summed E-state index contributed by atoms with van der Waals surface area (Å²) in [7, 11) is 1.55. The second kappa shape index (κ2) is 14.5. The molecule has 0 aliphatic carbocycles. The zero-order chi connectivity index (χ0) is 32.4. The van der Waals surface area contributed by atoms with Crippen LogP contribution in [-0.4, -0.2) is 74.1 Å². The maximum absolute atomic E-state index is 13.7. The molecule has 0 radical (unpaired) electrons. The number of benzene rings is 1. The molecular formula is C28H27FIN9O6S2. The average molecular weight is 796 g/mol.